The van der Waals surface area contributed by atoms with Crippen molar-refractivity contribution in [2.24, 2.45) is 4.99 Å². The number of ether oxygens (including phenoxy) is 1. The fourth-order valence-corrected chi connectivity index (χ4v) is 3.65. The number of nitrogens with zero attached hydrogens (tertiary/aromatic N) is 3. The summed E-state index contributed by atoms with van der Waals surface area (Å²) in [6, 6.07) is 11.6. The molecule has 32 heavy (non-hydrogen) atoms. The molecule has 162 valence electrons. The molecule has 0 spiro atoms. The van der Waals surface area contributed by atoms with Crippen LogP contribution in [-0.2, 0) is 0 Å². The first-order chi connectivity index (χ1) is 15.5. The number of anilines is 1. The molecule has 10 heteroatoms. The molecule has 2 N–H and O–H groups in total. The minimum Gasteiger partial charge on any atom is -0.456 e. The number of carbonyl (C=O) groups is 1. The Balaban J connectivity index is 1.42. The third-order valence-electron chi connectivity index (χ3n) is 4.46. The molecule has 2 aromatic carbocycles. The minimum atomic E-state index is -0.530. The number of pyridine rings is 1. The maximum Gasteiger partial charge on any atom is 0.193 e. The van der Waals surface area contributed by atoms with Crippen molar-refractivity contribution in [1.82, 2.24) is 15.2 Å². The number of hydrogen-bond acceptors (Lipinski definition) is 7. The van der Waals surface area contributed by atoms with Crippen molar-refractivity contribution in [2.75, 3.05) is 18.1 Å². The van der Waals surface area contributed by atoms with Gasteiger partial charge in [0.25, 0.3) is 0 Å². The molecule has 0 amide bonds. The van der Waals surface area contributed by atoms with Crippen molar-refractivity contribution in [3.63, 3.8) is 0 Å². The first-order valence-electron chi connectivity index (χ1n) is 9.45. The number of H-pyrrole nitrogens is 1. The Bertz CT molecular complexity index is 1300. The van der Waals surface area contributed by atoms with Crippen LogP contribution in [0.2, 0.25) is 5.02 Å². The fraction of sp³-hybridized carbons (Fsp3) is 0.0909. The zero-order chi connectivity index (χ0) is 22.5. The Hall–Kier alpha value is -3.43. The fourth-order valence-electron chi connectivity index (χ4n) is 2.94. The van der Waals surface area contributed by atoms with Crippen LogP contribution >= 0.6 is 23.4 Å². The Morgan fingerprint density at radius 2 is 2.19 bits per heavy atom. The van der Waals surface area contributed by atoms with Crippen LogP contribution in [0, 0.1) is 5.82 Å². The van der Waals surface area contributed by atoms with Crippen LogP contribution in [0.25, 0.3) is 10.9 Å². The topological polar surface area (TPSA) is 92.3 Å². The number of aliphatic imine (C=N–C) groups is 1. The van der Waals surface area contributed by atoms with Crippen molar-refractivity contribution >= 4 is 57.0 Å². The van der Waals surface area contributed by atoms with E-state index in [2.05, 4.69) is 25.5 Å². The predicted molar refractivity (Wildman–Crippen MR) is 126 cm³/mol. The molecule has 0 aliphatic heterocycles. The molecule has 4 aromatic rings. The van der Waals surface area contributed by atoms with Gasteiger partial charge in [-0.2, -0.15) is 5.10 Å². The van der Waals surface area contributed by atoms with Gasteiger partial charge in [0.05, 0.1) is 39.4 Å². The number of nitrogens with one attached hydrogen (secondary N) is 2. The Morgan fingerprint density at radius 3 is 2.97 bits per heavy atom. The summed E-state index contributed by atoms with van der Waals surface area (Å²) < 4.78 is 19.3. The smallest absolute Gasteiger partial charge is 0.193 e. The van der Waals surface area contributed by atoms with E-state index in [1.807, 2.05) is 0 Å². The summed E-state index contributed by atoms with van der Waals surface area (Å²) in [5.74, 6) is 0.674. The monoisotopic (exact) mass is 469 g/mol. The number of Topliss-reactive ketones (excluding diaryl/α,β-unsaturated/α-hetero) is 1. The Labute approximate surface area is 192 Å². The number of carbonyl (C=O) groups excluding carboxylic acids is 1. The lowest BCUT2D eigenvalue weighted by atomic mass is 10.1. The molecule has 7 nitrogen and oxygen atoms in total. The van der Waals surface area contributed by atoms with Crippen molar-refractivity contribution in [1.29, 1.82) is 0 Å². The molecule has 0 saturated carbocycles. The lowest BCUT2D eigenvalue weighted by Gasteiger charge is -2.06. The molecule has 2 heterocycles. The molecule has 4 rings (SSSR count). The van der Waals surface area contributed by atoms with Crippen LogP contribution in [0.5, 0.6) is 11.5 Å². The summed E-state index contributed by atoms with van der Waals surface area (Å²) in [5.41, 5.74) is 3.53. The lowest BCUT2D eigenvalue weighted by molar-refractivity contribution is 0.101. The minimum absolute atomic E-state index is 0.0212. The highest BCUT2D eigenvalue weighted by Gasteiger charge is 2.15. The second kappa shape index (κ2) is 9.80. The number of fused-ring (bicyclic) bond motifs is 1. The molecule has 0 saturated heterocycles. The summed E-state index contributed by atoms with van der Waals surface area (Å²) in [6.45, 7) is 0. The molecule has 0 aliphatic rings. The third-order valence-corrected chi connectivity index (χ3v) is 5.43. The third kappa shape index (κ3) is 4.90. The van der Waals surface area contributed by atoms with Gasteiger partial charge in [0.1, 0.15) is 23.0 Å². The number of aromatic amines is 1. The summed E-state index contributed by atoms with van der Waals surface area (Å²) in [4.78, 5) is 20.9. The largest absolute Gasteiger partial charge is 0.456 e. The van der Waals surface area contributed by atoms with Crippen LogP contribution in [0.4, 0.5) is 15.8 Å². The van der Waals surface area contributed by atoms with Gasteiger partial charge in [0.2, 0.25) is 0 Å². The highest BCUT2D eigenvalue weighted by molar-refractivity contribution is 8.12. The van der Waals surface area contributed by atoms with Crippen molar-refractivity contribution in [3.05, 3.63) is 71.4 Å². The molecule has 0 fully saturated rings. The van der Waals surface area contributed by atoms with Gasteiger partial charge >= 0.3 is 0 Å². The molecule has 0 unspecified atom stereocenters. The molecular formula is C22H17ClFN5O2S. The molecule has 2 aromatic heterocycles. The van der Waals surface area contributed by atoms with E-state index in [-0.39, 0.29) is 16.6 Å². The van der Waals surface area contributed by atoms with E-state index in [9.17, 15) is 9.18 Å². The van der Waals surface area contributed by atoms with E-state index in [0.717, 1.165) is 0 Å². The lowest BCUT2D eigenvalue weighted by Crippen LogP contribution is -2.03. The SMILES string of the molecule is CNc1cc(F)c(Cl)cc1N=CSCC(=O)c1n[nH]c2cc(Oc3cccnc3)ccc12. The van der Waals surface area contributed by atoms with E-state index < -0.39 is 5.82 Å². The van der Waals surface area contributed by atoms with Crippen LogP contribution in [0.3, 0.4) is 0 Å². The maximum absolute atomic E-state index is 13.6. The maximum atomic E-state index is 13.6. The standard InChI is InChI=1S/C22H17ClFN5O2S/c1-25-19-9-17(24)16(23)8-20(19)27-12-32-11-21(30)22-15-5-4-13(7-18(15)28-29-22)31-14-3-2-6-26-10-14/h2-10,12,25H,11H2,1H3,(H,28,29). The summed E-state index contributed by atoms with van der Waals surface area (Å²) >= 11 is 7.03. The van der Waals surface area contributed by atoms with Crippen LogP contribution in [0.15, 0.2) is 59.9 Å². The normalized spacial score (nSPS) is 11.2. The highest BCUT2D eigenvalue weighted by Crippen LogP contribution is 2.31. The van der Waals surface area contributed by atoms with Crippen LogP contribution < -0.4 is 10.1 Å². The number of halogens is 2. The zero-order valence-electron chi connectivity index (χ0n) is 16.8. The number of ketones is 1. The van der Waals surface area contributed by atoms with Gasteiger partial charge in [-0.15, -0.1) is 11.8 Å². The van der Waals surface area contributed by atoms with E-state index in [0.29, 0.717) is 39.5 Å². The van der Waals surface area contributed by atoms with Crippen molar-refractivity contribution in [2.45, 2.75) is 0 Å². The Morgan fingerprint density at radius 1 is 1.31 bits per heavy atom. The van der Waals surface area contributed by atoms with Gasteiger partial charge in [-0.1, -0.05) is 11.6 Å². The average Bonchev–Trinajstić information content (AvgIpc) is 3.22. The second-order valence-corrected chi connectivity index (χ2v) is 7.81. The van der Waals surface area contributed by atoms with Crippen LogP contribution in [0.1, 0.15) is 10.5 Å². The first kappa shape index (κ1) is 21.8. The second-order valence-electron chi connectivity index (χ2n) is 6.57. The number of rotatable bonds is 8. The number of benzene rings is 2. The van der Waals surface area contributed by atoms with E-state index >= 15 is 0 Å². The van der Waals surface area contributed by atoms with E-state index in [1.54, 1.807) is 49.8 Å². The number of hydrogen-bond donors (Lipinski definition) is 2. The van der Waals surface area contributed by atoms with Crippen molar-refractivity contribution in [3.8, 4) is 11.5 Å². The van der Waals surface area contributed by atoms with Gasteiger partial charge in [-0.3, -0.25) is 14.9 Å². The van der Waals surface area contributed by atoms with Crippen LogP contribution in [-0.4, -0.2) is 39.3 Å². The molecule has 0 radical (unpaired) electrons. The van der Waals surface area contributed by atoms with Gasteiger partial charge in [-0.05, 0) is 30.3 Å². The summed E-state index contributed by atoms with van der Waals surface area (Å²) in [7, 11) is 1.66. The van der Waals surface area contributed by atoms with E-state index in [4.69, 9.17) is 16.3 Å². The molecule has 0 atom stereocenters. The van der Waals surface area contributed by atoms with Gasteiger partial charge < -0.3 is 10.1 Å². The quantitative estimate of drug-likeness (QED) is 0.191. The number of thioether (sulfide) groups is 1. The molecule has 0 aliphatic carbocycles. The summed E-state index contributed by atoms with van der Waals surface area (Å²) in [5, 5.41) is 10.6. The summed E-state index contributed by atoms with van der Waals surface area (Å²) in [6.07, 6.45) is 3.28. The van der Waals surface area contributed by atoms with Gasteiger partial charge in [0.15, 0.2) is 5.78 Å². The van der Waals surface area contributed by atoms with Crippen molar-refractivity contribution < 1.29 is 13.9 Å². The average molecular weight is 470 g/mol. The molecule has 0 bridgehead atoms. The Kier molecular flexibility index (Phi) is 6.67. The van der Waals surface area contributed by atoms with Gasteiger partial charge in [-0.25, -0.2) is 9.38 Å². The van der Waals surface area contributed by atoms with E-state index in [1.165, 1.54) is 29.4 Å². The first-order valence-corrected chi connectivity index (χ1v) is 10.9. The number of aromatic nitrogens is 3. The molecular weight excluding hydrogens is 453 g/mol. The van der Waals surface area contributed by atoms with Gasteiger partial charge in [0, 0.05) is 30.8 Å². The zero-order valence-corrected chi connectivity index (χ0v) is 18.4. The highest BCUT2D eigenvalue weighted by atomic mass is 35.5. The predicted octanol–water partition coefficient (Wildman–Crippen LogP) is 5.86.